The molecule has 0 aliphatic rings. The highest BCUT2D eigenvalue weighted by Crippen LogP contribution is 2.23. The van der Waals surface area contributed by atoms with E-state index in [1.165, 1.54) is 13.3 Å². The molecule has 0 aliphatic carbocycles. The second kappa shape index (κ2) is 11.8. The predicted octanol–water partition coefficient (Wildman–Crippen LogP) is 2.53. The minimum Gasteiger partial charge on any atom is -0.468 e. The van der Waals surface area contributed by atoms with Crippen molar-refractivity contribution in [2.24, 2.45) is 11.3 Å². The zero-order valence-corrected chi connectivity index (χ0v) is 21.0. The van der Waals surface area contributed by atoms with E-state index >= 15 is 0 Å². The first kappa shape index (κ1) is 26.9. The van der Waals surface area contributed by atoms with Crippen molar-refractivity contribution in [3.05, 3.63) is 72.2 Å². The maximum Gasteiger partial charge on any atom is 0.261 e. The van der Waals surface area contributed by atoms with Crippen LogP contribution in [0, 0.1) is 11.3 Å². The summed E-state index contributed by atoms with van der Waals surface area (Å²) < 4.78 is 5.35. The Labute approximate surface area is 210 Å². The third kappa shape index (κ3) is 6.71. The maximum atomic E-state index is 13.7. The molecule has 0 saturated heterocycles. The zero-order chi connectivity index (χ0) is 26.3. The second-order valence-electron chi connectivity index (χ2n) is 9.83. The third-order valence-corrected chi connectivity index (χ3v) is 6.14. The highest BCUT2D eigenvalue weighted by atomic mass is 16.5. The summed E-state index contributed by atoms with van der Waals surface area (Å²) in [6.45, 7) is 5.69. The highest BCUT2D eigenvalue weighted by Gasteiger charge is 2.38. The largest absolute Gasteiger partial charge is 0.468 e. The van der Waals surface area contributed by atoms with Crippen LogP contribution in [-0.2, 0) is 27.3 Å². The maximum absolute atomic E-state index is 13.7. The van der Waals surface area contributed by atoms with Gasteiger partial charge in [-0.1, -0.05) is 63.2 Å². The van der Waals surface area contributed by atoms with Crippen molar-refractivity contribution in [2.75, 3.05) is 7.05 Å². The molecule has 3 rings (SSSR count). The Bertz CT molecular complexity index is 1190. The summed E-state index contributed by atoms with van der Waals surface area (Å²) in [6.07, 6.45) is 1.69. The van der Waals surface area contributed by atoms with E-state index < -0.39 is 35.2 Å². The summed E-state index contributed by atoms with van der Waals surface area (Å²) in [4.78, 5) is 39.1. The van der Waals surface area contributed by atoms with Crippen LogP contribution in [0.2, 0.25) is 0 Å². The number of amides is 3. The Hall–Kier alpha value is -3.69. The number of hydrogen-bond donors (Lipinski definition) is 5. The van der Waals surface area contributed by atoms with Crippen LogP contribution in [0.25, 0.3) is 10.8 Å². The van der Waals surface area contributed by atoms with Crippen LogP contribution in [0.4, 0.5) is 0 Å². The lowest BCUT2D eigenvalue weighted by Crippen LogP contribution is -2.58. The molecule has 0 bridgehead atoms. The molecule has 0 saturated carbocycles. The fraction of sp³-hybridized carbons (Fsp3) is 0.370. The number of nitrogens with one attached hydrogen (secondary N) is 4. The first-order valence-electron chi connectivity index (χ1n) is 11.8. The molecule has 1 aromatic heterocycles. The van der Waals surface area contributed by atoms with Gasteiger partial charge < -0.3 is 15.1 Å². The minimum absolute atomic E-state index is 0.157. The number of hydroxylamine groups is 1. The quantitative estimate of drug-likeness (QED) is 0.217. The first-order chi connectivity index (χ1) is 17.1. The van der Waals surface area contributed by atoms with Crippen LogP contribution in [0.5, 0.6) is 0 Å². The molecule has 3 amide bonds. The van der Waals surface area contributed by atoms with Gasteiger partial charge in [-0.2, -0.15) is 0 Å². The Kier molecular flexibility index (Phi) is 8.84. The molecule has 5 N–H and O–H groups in total. The molecule has 0 aliphatic heterocycles. The number of fused-ring (bicyclic) bond motifs is 1. The molecule has 0 spiro atoms. The van der Waals surface area contributed by atoms with Crippen LogP contribution in [0.15, 0.2) is 65.3 Å². The van der Waals surface area contributed by atoms with Crippen molar-refractivity contribution in [3.63, 3.8) is 0 Å². The molecule has 0 unspecified atom stereocenters. The summed E-state index contributed by atoms with van der Waals surface area (Å²) in [5.41, 5.74) is 1.92. The van der Waals surface area contributed by atoms with Gasteiger partial charge in [0.1, 0.15) is 17.8 Å². The van der Waals surface area contributed by atoms with Crippen LogP contribution < -0.4 is 21.4 Å². The Morgan fingerprint density at radius 3 is 2.28 bits per heavy atom. The van der Waals surface area contributed by atoms with E-state index in [-0.39, 0.29) is 18.9 Å². The highest BCUT2D eigenvalue weighted by molar-refractivity contribution is 5.93. The van der Waals surface area contributed by atoms with Crippen LogP contribution in [-0.4, -0.2) is 42.1 Å². The number of benzene rings is 2. The third-order valence-electron chi connectivity index (χ3n) is 6.14. The van der Waals surface area contributed by atoms with Crippen molar-refractivity contribution in [1.29, 1.82) is 0 Å². The van der Waals surface area contributed by atoms with Gasteiger partial charge in [0, 0.05) is 7.05 Å². The summed E-state index contributed by atoms with van der Waals surface area (Å²) >= 11 is 0. The van der Waals surface area contributed by atoms with Gasteiger partial charge in [0.15, 0.2) is 0 Å². The molecule has 9 heteroatoms. The lowest BCUT2D eigenvalue weighted by molar-refractivity contribution is -0.139. The minimum atomic E-state index is -1.11. The van der Waals surface area contributed by atoms with E-state index in [0.29, 0.717) is 5.76 Å². The predicted molar refractivity (Wildman–Crippen MR) is 136 cm³/mol. The van der Waals surface area contributed by atoms with Gasteiger partial charge in [0.05, 0.1) is 18.7 Å². The van der Waals surface area contributed by atoms with Gasteiger partial charge in [0.2, 0.25) is 11.8 Å². The fourth-order valence-corrected chi connectivity index (χ4v) is 4.16. The monoisotopic (exact) mass is 494 g/mol. The van der Waals surface area contributed by atoms with Crippen molar-refractivity contribution in [2.45, 2.75) is 45.8 Å². The average molecular weight is 495 g/mol. The van der Waals surface area contributed by atoms with Crippen LogP contribution in [0.1, 0.15) is 32.1 Å². The van der Waals surface area contributed by atoms with E-state index in [4.69, 9.17) is 4.42 Å². The molecule has 0 radical (unpaired) electrons. The second-order valence-corrected chi connectivity index (χ2v) is 9.83. The smallest absolute Gasteiger partial charge is 0.261 e. The summed E-state index contributed by atoms with van der Waals surface area (Å²) in [6, 6.07) is 15.2. The van der Waals surface area contributed by atoms with Crippen molar-refractivity contribution in [1.82, 2.24) is 21.4 Å². The van der Waals surface area contributed by atoms with Gasteiger partial charge in [-0.05, 0) is 40.3 Å². The molecule has 3 aromatic rings. The van der Waals surface area contributed by atoms with E-state index in [9.17, 15) is 19.6 Å². The molecule has 9 nitrogen and oxygen atoms in total. The Balaban J connectivity index is 1.96. The van der Waals surface area contributed by atoms with Gasteiger partial charge in [-0.3, -0.25) is 24.9 Å². The topological polar surface area (TPSA) is 133 Å². The van der Waals surface area contributed by atoms with Gasteiger partial charge >= 0.3 is 0 Å². The molecule has 1 heterocycles. The number of hydrogen-bond acceptors (Lipinski definition) is 6. The molecular weight excluding hydrogens is 460 g/mol. The standard InChI is InChI=1S/C27H34N4O5/c1-27(2,3)23(26(34)28-4)30-24(32)21(15-17-11-12-18-8-5-6-9-19(18)14-17)22(25(33)31-35)29-16-20-10-7-13-36-20/h5-14,21-23,29,35H,15-16H2,1-4H3,(H,28,34)(H,30,32)(H,31,33)/t21-,22+,23-/m1/s1. The lowest BCUT2D eigenvalue weighted by Gasteiger charge is -2.33. The van der Waals surface area contributed by atoms with Crippen molar-refractivity contribution >= 4 is 28.5 Å². The number of carbonyl (C=O) groups is 3. The normalized spacial score (nSPS) is 14.0. The zero-order valence-electron chi connectivity index (χ0n) is 21.0. The first-order valence-corrected chi connectivity index (χ1v) is 11.8. The molecule has 2 aromatic carbocycles. The van der Waals surface area contributed by atoms with Gasteiger partial charge in [-0.15, -0.1) is 0 Å². The molecule has 192 valence electrons. The average Bonchev–Trinajstić information content (AvgIpc) is 3.38. The van der Waals surface area contributed by atoms with E-state index in [1.807, 2.05) is 63.2 Å². The molecule has 36 heavy (non-hydrogen) atoms. The van der Waals surface area contributed by atoms with E-state index in [0.717, 1.165) is 16.3 Å². The number of carbonyl (C=O) groups excluding carboxylic acids is 3. The summed E-state index contributed by atoms with van der Waals surface area (Å²) in [7, 11) is 1.51. The Morgan fingerprint density at radius 2 is 1.67 bits per heavy atom. The molecule has 3 atom stereocenters. The van der Waals surface area contributed by atoms with E-state index in [1.54, 1.807) is 17.6 Å². The SMILES string of the molecule is CNC(=O)[C@@H](NC(=O)[C@H](Cc1ccc2ccccc2c1)[C@H](NCc1ccco1)C(=O)NO)C(C)(C)C. The van der Waals surface area contributed by atoms with Crippen LogP contribution >= 0.6 is 0 Å². The van der Waals surface area contributed by atoms with Crippen molar-refractivity contribution in [3.8, 4) is 0 Å². The molecule has 0 fully saturated rings. The van der Waals surface area contributed by atoms with E-state index in [2.05, 4.69) is 16.0 Å². The fourth-order valence-electron chi connectivity index (χ4n) is 4.16. The van der Waals surface area contributed by atoms with Crippen LogP contribution in [0.3, 0.4) is 0 Å². The summed E-state index contributed by atoms with van der Waals surface area (Å²) in [5.74, 6) is -2.00. The number of furan rings is 1. The van der Waals surface area contributed by atoms with Crippen molar-refractivity contribution < 1.29 is 24.0 Å². The van der Waals surface area contributed by atoms with Gasteiger partial charge in [0.25, 0.3) is 5.91 Å². The molecular formula is C27H34N4O5. The van der Waals surface area contributed by atoms with Gasteiger partial charge in [-0.25, -0.2) is 5.48 Å². The number of rotatable bonds is 10. The number of likely N-dealkylation sites (N-methyl/N-ethyl adjacent to an activating group) is 1. The lowest BCUT2D eigenvalue weighted by atomic mass is 9.84. The Morgan fingerprint density at radius 1 is 0.944 bits per heavy atom. The summed E-state index contributed by atoms with van der Waals surface area (Å²) in [5, 5.41) is 20.0.